The number of nitrogens with zero attached hydrogens (tertiary/aromatic N) is 3. The minimum atomic E-state index is -4.01. The number of ether oxygens (including phenoxy) is 2. The van der Waals surface area contributed by atoms with Gasteiger partial charge in [-0.15, -0.1) is 11.3 Å². The molecule has 1 saturated heterocycles. The van der Waals surface area contributed by atoms with Crippen LogP contribution in [0.25, 0.3) is 10.3 Å². The van der Waals surface area contributed by atoms with Gasteiger partial charge in [0.25, 0.3) is 15.9 Å². The number of fused-ring (bicyclic) bond motifs is 1. The van der Waals surface area contributed by atoms with Crippen molar-refractivity contribution < 1.29 is 17.9 Å². The Kier molecular flexibility index (Phi) is 8.49. The molecule has 0 amide bonds. The summed E-state index contributed by atoms with van der Waals surface area (Å²) in [4.78, 5) is 12.0. The number of hydrogen-bond donors (Lipinski definition) is 1. The number of nitrogens with one attached hydrogen (secondary N) is 1. The minimum absolute atomic E-state index is 0.00275. The van der Waals surface area contributed by atoms with E-state index in [2.05, 4.69) is 26.6 Å². The molecule has 12 heteroatoms. The smallest absolute Gasteiger partial charge is 0.263 e. The van der Waals surface area contributed by atoms with Crippen LogP contribution in [0.1, 0.15) is 24.0 Å². The molecule has 0 bridgehead atoms. The first kappa shape index (κ1) is 27.9. The zero-order chi connectivity index (χ0) is 27.6. The van der Waals surface area contributed by atoms with Crippen LogP contribution in [0.3, 0.4) is 0 Å². The largest absolute Gasteiger partial charge is 0.492 e. The van der Waals surface area contributed by atoms with Crippen molar-refractivity contribution in [2.24, 2.45) is 5.92 Å². The highest BCUT2D eigenvalue weighted by Gasteiger charge is 2.23. The molecule has 2 aromatic carbocycles. The van der Waals surface area contributed by atoms with Crippen molar-refractivity contribution in [3.8, 4) is 11.6 Å². The molecule has 0 aliphatic carbocycles. The molecule has 206 valence electrons. The van der Waals surface area contributed by atoms with E-state index in [1.165, 1.54) is 17.4 Å². The van der Waals surface area contributed by atoms with E-state index >= 15 is 0 Å². The Morgan fingerprint density at radius 2 is 1.87 bits per heavy atom. The van der Waals surface area contributed by atoms with E-state index in [1.54, 1.807) is 31.2 Å². The van der Waals surface area contributed by atoms with Crippen LogP contribution in [0.4, 0.5) is 5.82 Å². The number of anilines is 1. The quantitative estimate of drug-likeness (QED) is 0.235. The Hall–Kier alpha value is -2.63. The van der Waals surface area contributed by atoms with Crippen LogP contribution in [0.2, 0.25) is 10.0 Å². The van der Waals surface area contributed by atoms with Gasteiger partial charge in [-0.05, 0) is 92.7 Å². The van der Waals surface area contributed by atoms with Gasteiger partial charge in [0.2, 0.25) is 5.82 Å². The van der Waals surface area contributed by atoms with Gasteiger partial charge in [0.05, 0.1) is 16.5 Å². The second kappa shape index (κ2) is 11.9. The van der Waals surface area contributed by atoms with Gasteiger partial charge < -0.3 is 14.4 Å². The van der Waals surface area contributed by atoms with E-state index < -0.39 is 10.0 Å². The number of piperidine rings is 1. The van der Waals surface area contributed by atoms with Crippen LogP contribution in [0.15, 0.2) is 52.7 Å². The van der Waals surface area contributed by atoms with E-state index in [0.29, 0.717) is 44.2 Å². The van der Waals surface area contributed by atoms with Crippen LogP contribution < -0.4 is 14.2 Å². The molecular weight excluding hydrogens is 579 g/mol. The van der Waals surface area contributed by atoms with E-state index in [0.717, 1.165) is 31.5 Å². The summed E-state index contributed by atoms with van der Waals surface area (Å²) < 4.78 is 41.1. The van der Waals surface area contributed by atoms with Crippen molar-refractivity contribution in [2.45, 2.75) is 31.3 Å². The minimum Gasteiger partial charge on any atom is -0.492 e. The molecule has 1 fully saturated rings. The Bertz CT molecular complexity index is 1590. The molecule has 4 aromatic rings. The third-order valence-electron chi connectivity index (χ3n) is 6.69. The van der Waals surface area contributed by atoms with Gasteiger partial charge in [0.15, 0.2) is 0 Å². The van der Waals surface area contributed by atoms with Gasteiger partial charge in [-0.3, -0.25) is 4.72 Å². The molecule has 3 heterocycles. The van der Waals surface area contributed by atoms with Crippen LogP contribution in [0.5, 0.6) is 11.6 Å². The summed E-state index contributed by atoms with van der Waals surface area (Å²) >= 11 is 13.9. The third-order valence-corrected chi connectivity index (χ3v) is 9.69. The number of aromatic nitrogens is 2. The second-order valence-corrected chi connectivity index (χ2v) is 12.9. The number of thiophene rings is 1. The van der Waals surface area contributed by atoms with E-state index in [9.17, 15) is 8.42 Å². The number of halogens is 2. The topological polar surface area (TPSA) is 93.7 Å². The predicted octanol–water partition coefficient (Wildman–Crippen LogP) is 6.41. The summed E-state index contributed by atoms with van der Waals surface area (Å²) in [5, 5.41) is 2.71. The Balaban J connectivity index is 1.34. The number of likely N-dealkylation sites (tertiary alicyclic amines) is 1. The number of rotatable bonds is 9. The molecule has 1 N–H and O–H groups in total. The van der Waals surface area contributed by atoms with Crippen molar-refractivity contribution in [1.82, 2.24) is 14.9 Å². The van der Waals surface area contributed by atoms with Gasteiger partial charge in [-0.25, -0.2) is 18.4 Å². The lowest BCUT2D eigenvalue weighted by molar-refractivity contribution is 0.160. The van der Waals surface area contributed by atoms with E-state index in [4.69, 9.17) is 32.7 Å². The number of benzene rings is 2. The molecule has 1 aliphatic rings. The van der Waals surface area contributed by atoms with Gasteiger partial charge in [-0.2, -0.15) is 0 Å². The van der Waals surface area contributed by atoms with Gasteiger partial charge in [-0.1, -0.05) is 35.3 Å². The monoisotopic (exact) mass is 606 g/mol. The van der Waals surface area contributed by atoms with Gasteiger partial charge in [0.1, 0.15) is 22.7 Å². The lowest BCUT2D eigenvalue weighted by Gasteiger charge is -2.28. The zero-order valence-corrected chi connectivity index (χ0v) is 24.6. The summed E-state index contributed by atoms with van der Waals surface area (Å²) in [7, 11) is -1.88. The number of sulfonamides is 1. The lowest BCUT2D eigenvalue weighted by atomic mass is 9.98. The predicted molar refractivity (Wildman–Crippen MR) is 156 cm³/mol. The Morgan fingerprint density at radius 3 is 2.67 bits per heavy atom. The standard InChI is InChI=1S/C27H28Cl2N4O4S2/c1-17-20(28)4-3-5-24(17)39(34,35)32-25-26(30-22-10-13-38-27(22)31-25)37-16-19-6-7-21(29)23(14-19)36-15-18-8-11-33(2)12-9-18/h3-7,10,13-14,18H,8-9,11-12,15-16H2,1-2H3,(H,31,32). The molecule has 8 nitrogen and oxygen atoms in total. The van der Waals surface area contributed by atoms with Crippen LogP contribution in [-0.2, 0) is 16.6 Å². The molecule has 39 heavy (non-hydrogen) atoms. The molecule has 0 atom stereocenters. The molecule has 0 saturated carbocycles. The summed E-state index contributed by atoms with van der Waals surface area (Å²) in [6, 6.07) is 12.0. The second-order valence-electron chi connectivity index (χ2n) is 9.57. The van der Waals surface area contributed by atoms with Crippen molar-refractivity contribution in [3.63, 3.8) is 0 Å². The van der Waals surface area contributed by atoms with Gasteiger partial charge >= 0.3 is 0 Å². The highest BCUT2D eigenvalue weighted by Crippen LogP contribution is 2.32. The highest BCUT2D eigenvalue weighted by molar-refractivity contribution is 7.92. The molecule has 0 unspecified atom stereocenters. The molecule has 1 aliphatic heterocycles. The Morgan fingerprint density at radius 1 is 1.08 bits per heavy atom. The first-order valence-corrected chi connectivity index (χ1v) is 15.6. The third kappa shape index (κ3) is 6.58. The first-order valence-electron chi connectivity index (χ1n) is 12.5. The average molecular weight is 608 g/mol. The number of hydrogen-bond acceptors (Lipinski definition) is 8. The average Bonchev–Trinajstić information content (AvgIpc) is 3.36. The lowest BCUT2D eigenvalue weighted by Crippen LogP contribution is -2.32. The summed E-state index contributed by atoms with van der Waals surface area (Å²) in [5.41, 5.74) is 1.84. The van der Waals surface area contributed by atoms with Crippen LogP contribution in [0, 0.1) is 12.8 Å². The first-order chi connectivity index (χ1) is 18.7. The molecular formula is C27H28Cl2N4O4S2. The van der Waals surface area contributed by atoms with Crippen molar-refractivity contribution >= 4 is 60.7 Å². The summed E-state index contributed by atoms with van der Waals surface area (Å²) in [5.74, 6) is 1.14. The van der Waals surface area contributed by atoms with E-state index in [1.807, 2.05) is 17.5 Å². The summed E-state index contributed by atoms with van der Waals surface area (Å²) in [6.07, 6.45) is 2.18. The normalized spacial score (nSPS) is 15.0. The summed E-state index contributed by atoms with van der Waals surface area (Å²) in [6.45, 7) is 4.49. The van der Waals surface area contributed by atoms with Crippen molar-refractivity contribution in [2.75, 3.05) is 31.5 Å². The fourth-order valence-corrected chi connectivity index (χ4v) is 6.71. The maximum atomic E-state index is 13.3. The molecule has 0 radical (unpaired) electrons. The Labute approximate surface area is 241 Å². The van der Waals surface area contributed by atoms with Crippen molar-refractivity contribution in [1.29, 1.82) is 0 Å². The van der Waals surface area contributed by atoms with E-state index in [-0.39, 0.29) is 23.2 Å². The molecule has 5 rings (SSSR count). The fraction of sp³-hybridized carbons (Fsp3) is 0.333. The van der Waals surface area contributed by atoms with Crippen LogP contribution >= 0.6 is 34.5 Å². The maximum absolute atomic E-state index is 13.3. The fourth-order valence-electron chi connectivity index (χ4n) is 4.34. The zero-order valence-electron chi connectivity index (χ0n) is 21.5. The molecule has 2 aromatic heterocycles. The maximum Gasteiger partial charge on any atom is 0.263 e. The van der Waals surface area contributed by atoms with Crippen LogP contribution in [-0.4, -0.2) is 50.0 Å². The van der Waals surface area contributed by atoms with Gasteiger partial charge in [0, 0.05) is 5.02 Å². The SMILES string of the molecule is Cc1c(Cl)cccc1S(=O)(=O)Nc1nc2sccc2nc1OCc1ccc(Cl)c(OCC2CCN(C)CC2)c1. The molecule has 0 spiro atoms. The highest BCUT2D eigenvalue weighted by atomic mass is 35.5. The van der Waals surface area contributed by atoms with Crippen molar-refractivity contribution in [3.05, 3.63) is 69.0 Å².